The van der Waals surface area contributed by atoms with E-state index in [4.69, 9.17) is 16.3 Å². The molecular weight excluding hydrogens is 366 g/mol. The average Bonchev–Trinajstić information content (AvgIpc) is 3.01. The molecule has 1 aliphatic rings. The maximum Gasteiger partial charge on any atom is 0.252 e. The lowest BCUT2D eigenvalue weighted by Gasteiger charge is -2.31. The normalized spacial score (nSPS) is 19.3. The second-order valence-corrected chi connectivity index (χ2v) is 9.94. The molecule has 1 aromatic carbocycles. The highest BCUT2D eigenvalue weighted by atomic mass is 35.5. The van der Waals surface area contributed by atoms with Gasteiger partial charge in [0.05, 0.1) is 10.9 Å². The van der Waals surface area contributed by atoms with Crippen LogP contribution in [0.2, 0.25) is 4.34 Å². The number of aryl methyl sites for hydroxylation is 1. The highest BCUT2D eigenvalue weighted by Gasteiger charge is 2.31. The first kappa shape index (κ1) is 17.7. The number of piperidine rings is 1. The summed E-state index contributed by atoms with van der Waals surface area (Å²) in [6.07, 6.45) is 1.82. The average molecular weight is 386 g/mol. The number of rotatable bonds is 5. The van der Waals surface area contributed by atoms with Gasteiger partial charge in [-0.3, -0.25) is 0 Å². The molecule has 3 rings (SSSR count). The Morgan fingerprint density at radius 1 is 1.33 bits per heavy atom. The minimum atomic E-state index is -3.45. The van der Waals surface area contributed by atoms with Crippen LogP contribution >= 0.6 is 22.9 Å². The first-order chi connectivity index (χ1) is 11.4. The molecule has 4 nitrogen and oxygen atoms in total. The molecule has 1 fully saturated rings. The van der Waals surface area contributed by atoms with E-state index in [1.165, 1.54) is 0 Å². The zero-order valence-corrected chi connectivity index (χ0v) is 15.8. The highest BCUT2D eigenvalue weighted by Crippen LogP contribution is 2.30. The van der Waals surface area contributed by atoms with Crippen LogP contribution in [0, 0.1) is 12.8 Å². The molecule has 24 heavy (non-hydrogen) atoms. The molecule has 1 saturated heterocycles. The highest BCUT2D eigenvalue weighted by molar-refractivity contribution is 7.91. The molecule has 0 radical (unpaired) electrons. The topological polar surface area (TPSA) is 46.6 Å². The molecule has 0 spiro atoms. The monoisotopic (exact) mass is 385 g/mol. The first-order valence-corrected chi connectivity index (χ1v) is 10.5. The van der Waals surface area contributed by atoms with Gasteiger partial charge in [-0.05, 0) is 49.6 Å². The van der Waals surface area contributed by atoms with Gasteiger partial charge in [0.2, 0.25) is 0 Å². The van der Waals surface area contributed by atoms with E-state index in [2.05, 4.69) is 0 Å². The van der Waals surface area contributed by atoms with Crippen LogP contribution in [0.4, 0.5) is 0 Å². The van der Waals surface area contributed by atoms with Crippen LogP contribution < -0.4 is 4.74 Å². The zero-order chi connectivity index (χ0) is 17.2. The van der Waals surface area contributed by atoms with E-state index in [1.807, 2.05) is 31.2 Å². The number of hydrogen-bond donors (Lipinski definition) is 0. The Morgan fingerprint density at radius 2 is 2.17 bits per heavy atom. The van der Waals surface area contributed by atoms with E-state index in [1.54, 1.807) is 16.4 Å². The fraction of sp³-hybridized carbons (Fsp3) is 0.412. The lowest BCUT2D eigenvalue weighted by molar-refractivity contribution is 0.180. The first-order valence-electron chi connectivity index (χ1n) is 7.90. The van der Waals surface area contributed by atoms with Crippen molar-refractivity contribution in [3.8, 4) is 5.75 Å². The van der Waals surface area contributed by atoms with E-state index in [9.17, 15) is 8.42 Å². The van der Waals surface area contributed by atoms with Crippen molar-refractivity contribution in [3.05, 3.63) is 46.3 Å². The van der Waals surface area contributed by atoms with Crippen molar-refractivity contribution in [2.45, 2.75) is 24.0 Å². The molecule has 0 aliphatic carbocycles. The zero-order valence-electron chi connectivity index (χ0n) is 13.4. The van der Waals surface area contributed by atoms with Crippen molar-refractivity contribution in [2.24, 2.45) is 5.92 Å². The molecule has 130 valence electrons. The fourth-order valence-electron chi connectivity index (χ4n) is 2.86. The molecule has 2 aromatic rings. The summed E-state index contributed by atoms with van der Waals surface area (Å²) in [7, 11) is -3.45. The van der Waals surface area contributed by atoms with Crippen molar-refractivity contribution < 1.29 is 13.2 Å². The van der Waals surface area contributed by atoms with E-state index < -0.39 is 10.0 Å². The molecule has 1 atom stereocenters. The quantitative estimate of drug-likeness (QED) is 0.775. The van der Waals surface area contributed by atoms with Gasteiger partial charge < -0.3 is 4.74 Å². The van der Waals surface area contributed by atoms with Crippen LogP contribution in [-0.4, -0.2) is 32.4 Å². The summed E-state index contributed by atoms with van der Waals surface area (Å²) in [6, 6.07) is 11.1. The van der Waals surface area contributed by atoms with Crippen molar-refractivity contribution in [1.82, 2.24) is 4.31 Å². The van der Waals surface area contributed by atoms with Crippen LogP contribution in [0.5, 0.6) is 5.75 Å². The van der Waals surface area contributed by atoms with Gasteiger partial charge in [-0.25, -0.2) is 8.42 Å². The molecule has 2 heterocycles. The van der Waals surface area contributed by atoms with Gasteiger partial charge in [0, 0.05) is 19.0 Å². The third kappa shape index (κ3) is 4.11. The van der Waals surface area contributed by atoms with E-state index in [0.29, 0.717) is 28.2 Å². The fourth-order valence-corrected chi connectivity index (χ4v) is 6.06. The number of hydrogen-bond acceptors (Lipinski definition) is 4. The van der Waals surface area contributed by atoms with E-state index in [0.717, 1.165) is 35.5 Å². The number of thiophene rings is 1. The number of nitrogens with zero attached hydrogens (tertiary/aromatic N) is 1. The molecule has 1 aromatic heterocycles. The smallest absolute Gasteiger partial charge is 0.252 e. The summed E-state index contributed by atoms with van der Waals surface area (Å²) in [4.78, 5) is 0. The summed E-state index contributed by atoms with van der Waals surface area (Å²) in [6.45, 7) is 3.59. The molecule has 0 amide bonds. The molecule has 0 N–H and O–H groups in total. The van der Waals surface area contributed by atoms with Gasteiger partial charge in [-0.1, -0.05) is 23.7 Å². The minimum absolute atomic E-state index is 0.199. The summed E-state index contributed by atoms with van der Waals surface area (Å²) in [5.74, 6) is 1.03. The van der Waals surface area contributed by atoms with Gasteiger partial charge >= 0.3 is 0 Å². The Bertz CT molecular complexity index is 804. The van der Waals surface area contributed by atoms with E-state index >= 15 is 0 Å². The second kappa shape index (κ2) is 7.44. The molecule has 1 aliphatic heterocycles. The third-order valence-electron chi connectivity index (χ3n) is 4.10. The van der Waals surface area contributed by atoms with Gasteiger partial charge in [-0.15, -0.1) is 11.3 Å². The molecule has 0 saturated carbocycles. The second-order valence-electron chi connectivity index (χ2n) is 6.06. The predicted molar refractivity (Wildman–Crippen MR) is 97.5 cm³/mol. The molecule has 0 bridgehead atoms. The predicted octanol–water partition coefficient (Wildman–Crippen LogP) is 4.19. The van der Waals surface area contributed by atoms with Gasteiger partial charge in [0.1, 0.15) is 9.96 Å². The summed E-state index contributed by atoms with van der Waals surface area (Å²) in [5.41, 5.74) is 1.15. The van der Waals surface area contributed by atoms with Crippen LogP contribution in [0.15, 0.2) is 40.6 Å². The SMILES string of the molecule is Cc1cccc(OCC2CCCN(S(=O)(=O)c3ccc(Cl)s3)C2)c1. The summed E-state index contributed by atoms with van der Waals surface area (Å²) < 4.78 is 33.6. The molecular formula is C17H20ClNO3S2. The number of ether oxygens (including phenoxy) is 1. The van der Waals surface area contributed by atoms with Crippen LogP contribution in [0.3, 0.4) is 0 Å². The van der Waals surface area contributed by atoms with Gasteiger partial charge in [0.25, 0.3) is 10.0 Å². The number of halogens is 1. The Balaban J connectivity index is 1.64. The van der Waals surface area contributed by atoms with Crippen molar-refractivity contribution in [1.29, 1.82) is 0 Å². The Kier molecular flexibility index (Phi) is 5.49. The van der Waals surface area contributed by atoms with Gasteiger partial charge in [0.15, 0.2) is 0 Å². The lowest BCUT2D eigenvalue weighted by atomic mass is 10.0. The molecule has 7 heteroatoms. The largest absolute Gasteiger partial charge is 0.493 e. The Hall–Kier alpha value is -1.08. The van der Waals surface area contributed by atoms with E-state index in [-0.39, 0.29) is 5.92 Å². The summed E-state index contributed by atoms with van der Waals surface area (Å²) in [5, 5.41) is 0. The van der Waals surface area contributed by atoms with Crippen molar-refractivity contribution in [2.75, 3.05) is 19.7 Å². The maximum absolute atomic E-state index is 12.7. The van der Waals surface area contributed by atoms with Crippen LogP contribution in [0.1, 0.15) is 18.4 Å². The van der Waals surface area contributed by atoms with Gasteiger partial charge in [-0.2, -0.15) is 4.31 Å². The Labute approximate surface area is 152 Å². The van der Waals surface area contributed by atoms with Crippen molar-refractivity contribution in [3.63, 3.8) is 0 Å². The lowest BCUT2D eigenvalue weighted by Crippen LogP contribution is -2.41. The standard InChI is InChI=1S/C17H20ClNO3S2/c1-13-4-2-6-15(10-13)22-12-14-5-3-9-19(11-14)24(20,21)17-8-7-16(18)23-17/h2,4,6-8,10,14H,3,5,9,11-12H2,1H3. The van der Waals surface area contributed by atoms with Crippen LogP contribution in [0.25, 0.3) is 0 Å². The summed E-state index contributed by atoms with van der Waals surface area (Å²) >= 11 is 6.99. The van der Waals surface area contributed by atoms with Crippen LogP contribution in [-0.2, 0) is 10.0 Å². The minimum Gasteiger partial charge on any atom is -0.493 e. The maximum atomic E-state index is 12.7. The Morgan fingerprint density at radius 3 is 2.88 bits per heavy atom. The number of benzene rings is 1. The van der Waals surface area contributed by atoms with Crippen molar-refractivity contribution >= 4 is 33.0 Å². The number of sulfonamides is 1. The third-order valence-corrected chi connectivity index (χ3v) is 7.66. The molecule has 1 unspecified atom stereocenters.